The van der Waals surface area contributed by atoms with E-state index >= 15 is 0 Å². The molecule has 0 N–H and O–H groups in total. The summed E-state index contributed by atoms with van der Waals surface area (Å²) in [5, 5.41) is 0. The minimum absolute atomic E-state index is 0.527. The highest BCUT2D eigenvalue weighted by Gasteiger charge is 2.20. The fourth-order valence-electron chi connectivity index (χ4n) is 1.35. The van der Waals surface area contributed by atoms with Crippen LogP contribution in [-0.2, 0) is 13.6 Å². The molecule has 6 heteroatoms. The zero-order valence-electron chi connectivity index (χ0n) is 13.9. The summed E-state index contributed by atoms with van der Waals surface area (Å²) in [6.45, 7) is 12.8. The molecular weight excluding hydrogens is 308 g/mol. The number of ether oxygens (including phenoxy) is 1. The van der Waals surface area contributed by atoms with Crippen molar-refractivity contribution in [1.29, 1.82) is 0 Å². The van der Waals surface area contributed by atoms with E-state index in [1.165, 1.54) is 0 Å². The van der Waals surface area contributed by atoms with Gasteiger partial charge in [0.2, 0.25) is 16.6 Å². The lowest BCUT2D eigenvalue weighted by atomic mass is 10.3. The molecule has 0 aromatic heterocycles. The van der Waals surface area contributed by atoms with Crippen molar-refractivity contribution in [3.63, 3.8) is 0 Å². The fourth-order valence-corrected chi connectivity index (χ4v) is 3.10. The molecule has 118 valence electrons. The van der Waals surface area contributed by atoms with Gasteiger partial charge in [0.15, 0.2) is 0 Å². The Balaban J connectivity index is 5.03. The zero-order chi connectivity index (χ0) is 15.8. The first-order valence-corrected chi connectivity index (χ1v) is 14.3. The van der Waals surface area contributed by atoms with Crippen LogP contribution in [0, 0.1) is 0 Å². The van der Waals surface area contributed by atoms with Crippen LogP contribution >= 0.6 is 11.6 Å². The minimum atomic E-state index is -1.69. The van der Waals surface area contributed by atoms with Crippen LogP contribution in [0.1, 0.15) is 12.8 Å². The molecule has 0 amide bonds. The van der Waals surface area contributed by atoms with Crippen LogP contribution in [0.5, 0.6) is 0 Å². The summed E-state index contributed by atoms with van der Waals surface area (Å²) in [4.78, 5) is 0. The van der Waals surface area contributed by atoms with Gasteiger partial charge in [0.25, 0.3) is 5.95 Å². The molecule has 0 rings (SSSR count). The summed E-state index contributed by atoms with van der Waals surface area (Å²) in [7, 11) is -1.73. The van der Waals surface area contributed by atoms with E-state index in [-0.39, 0.29) is 0 Å². The first kappa shape index (κ1) is 19.6. The van der Waals surface area contributed by atoms with Gasteiger partial charge < -0.3 is 13.6 Å². The van der Waals surface area contributed by atoms with Crippen LogP contribution in [0.4, 0.5) is 0 Å². The Hall–Kier alpha value is -0.396. The Bertz CT molecular complexity index is 341. The van der Waals surface area contributed by atoms with E-state index in [1.54, 1.807) is 7.11 Å². The highest BCUT2D eigenvalue weighted by Crippen LogP contribution is 2.18. The van der Waals surface area contributed by atoms with Crippen LogP contribution in [0.3, 0.4) is 0 Å². The van der Waals surface area contributed by atoms with Gasteiger partial charge in [0.1, 0.15) is 5.76 Å². The average molecular weight is 337 g/mol. The number of allylic oxidation sites excluding steroid dienone is 2. The highest BCUT2D eigenvalue weighted by atomic mass is 35.5. The van der Waals surface area contributed by atoms with Crippen LogP contribution in [0.15, 0.2) is 23.9 Å². The number of halogens is 1. The second-order valence-electron chi connectivity index (χ2n) is 6.53. The molecule has 0 spiro atoms. The van der Waals surface area contributed by atoms with Gasteiger partial charge in [-0.05, 0) is 58.2 Å². The topological polar surface area (TPSA) is 27.7 Å². The van der Waals surface area contributed by atoms with Crippen molar-refractivity contribution in [3.8, 4) is 0 Å². The van der Waals surface area contributed by atoms with Gasteiger partial charge >= 0.3 is 0 Å². The summed E-state index contributed by atoms with van der Waals surface area (Å²) < 4.78 is 17.3. The number of alkyl halides is 1. The summed E-state index contributed by atoms with van der Waals surface area (Å²) in [6.07, 6.45) is 5.74. The molecule has 0 aliphatic rings. The van der Waals surface area contributed by atoms with Crippen LogP contribution < -0.4 is 0 Å². The van der Waals surface area contributed by atoms with E-state index < -0.39 is 16.6 Å². The van der Waals surface area contributed by atoms with E-state index in [1.807, 2.05) is 6.08 Å². The van der Waals surface area contributed by atoms with Crippen molar-refractivity contribution >= 4 is 28.2 Å². The predicted octanol–water partition coefficient (Wildman–Crippen LogP) is 5.08. The Kier molecular flexibility index (Phi) is 8.62. The van der Waals surface area contributed by atoms with Gasteiger partial charge in [-0.1, -0.05) is 0 Å². The van der Waals surface area contributed by atoms with Gasteiger partial charge in [-0.25, -0.2) is 0 Å². The summed E-state index contributed by atoms with van der Waals surface area (Å²) in [6, 6.07) is 0. The van der Waals surface area contributed by atoms with Crippen molar-refractivity contribution in [2.45, 2.75) is 52.1 Å². The number of rotatable bonds is 9. The molecule has 20 heavy (non-hydrogen) atoms. The molecule has 0 saturated carbocycles. The molecule has 0 aliphatic carbocycles. The molecule has 0 fully saturated rings. The lowest BCUT2D eigenvalue weighted by Crippen LogP contribution is -2.26. The van der Waals surface area contributed by atoms with Crippen LogP contribution in [0.2, 0.25) is 39.3 Å². The second kappa shape index (κ2) is 8.79. The molecule has 0 unspecified atom stereocenters. The van der Waals surface area contributed by atoms with Crippen molar-refractivity contribution in [2.24, 2.45) is 0 Å². The molecule has 3 nitrogen and oxygen atoms in total. The Morgan fingerprint density at radius 3 is 1.95 bits per heavy atom. The van der Waals surface area contributed by atoms with E-state index in [9.17, 15) is 0 Å². The normalized spacial score (nSPS) is 14.2. The quantitative estimate of drug-likeness (QED) is 0.193. The second-order valence-corrected chi connectivity index (χ2v) is 15.8. The maximum absolute atomic E-state index is 6.07. The van der Waals surface area contributed by atoms with Crippen LogP contribution in [0.25, 0.3) is 0 Å². The van der Waals surface area contributed by atoms with E-state index in [2.05, 4.69) is 45.4 Å². The van der Waals surface area contributed by atoms with Gasteiger partial charge in [0.05, 0.1) is 13.2 Å². The van der Waals surface area contributed by atoms with E-state index in [0.717, 1.165) is 18.6 Å². The molecule has 0 heterocycles. The first-order chi connectivity index (χ1) is 9.07. The third-order valence-electron chi connectivity index (χ3n) is 1.98. The van der Waals surface area contributed by atoms with Gasteiger partial charge in [-0.3, -0.25) is 0 Å². The Labute approximate surface area is 131 Å². The smallest absolute Gasteiger partial charge is 0.268 e. The third kappa shape index (κ3) is 11.4. The van der Waals surface area contributed by atoms with E-state index in [4.69, 9.17) is 25.2 Å². The lowest BCUT2D eigenvalue weighted by Gasteiger charge is -2.23. The minimum Gasteiger partial charge on any atom is -0.544 e. The molecule has 0 atom stereocenters. The third-order valence-corrected chi connectivity index (χ3v) is 3.90. The standard InChI is InChI=1S/C14H29ClO3Si2/c1-16-14(18-20(5,6)7)12-13(10-8-9-11-15)17-19(2,3)4/h10,12H,8-9,11H2,1-7H3/b13-10-,14-12+. The maximum Gasteiger partial charge on any atom is 0.268 e. The summed E-state index contributed by atoms with van der Waals surface area (Å²) >= 11 is 5.72. The molecular formula is C14H29ClO3Si2. The van der Waals surface area contributed by atoms with Crippen molar-refractivity contribution in [1.82, 2.24) is 0 Å². The zero-order valence-corrected chi connectivity index (χ0v) is 16.6. The van der Waals surface area contributed by atoms with Gasteiger partial charge in [-0.15, -0.1) is 11.6 Å². The van der Waals surface area contributed by atoms with Gasteiger partial charge in [0, 0.05) is 5.88 Å². The Morgan fingerprint density at radius 2 is 1.55 bits per heavy atom. The molecule has 0 aliphatic heterocycles. The number of methoxy groups -OCH3 is 1. The highest BCUT2D eigenvalue weighted by molar-refractivity contribution is 6.70. The first-order valence-electron chi connectivity index (χ1n) is 6.97. The maximum atomic E-state index is 6.07. The predicted molar refractivity (Wildman–Crippen MR) is 92.0 cm³/mol. The molecule has 0 saturated heterocycles. The SMILES string of the molecule is CO/C(=C\C(=C\CCCCl)O[Si](C)(C)C)O[Si](C)(C)C. The average Bonchev–Trinajstić information content (AvgIpc) is 2.24. The summed E-state index contributed by atoms with van der Waals surface area (Å²) in [5.74, 6) is 2.01. The Morgan fingerprint density at radius 1 is 1.00 bits per heavy atom. The lowest BCUT2D eigenvalue weighted by molar-refractivity contribution is 0.145. The van der Waals surface area contributed by atoms with Crippen molar-refractivity contribution < 1.29 is 13.6 Å². The number of hydrogen-bond acceptors (Lipinski definition) is 3. The molecule has 0 radical (unpaired) electrons. The van der Waals surface area contributed by atoms with Crippen LogP contribution in [-0.4, -0.2) is 29.6 Å². The fraction of sp³-hybridized carbons (Fsp3) is 0.714. The van der Waals surface area contributed by atoms with Crippen molar-refractivity contribution in [3.05, 3.63) is 23.9 Å². The van der Waals surface area contributed by atoms with Gasteiger partial charge in [-0.2, -0.15) is 0 Å². The molecule has 0 aromatic carbocycles. The number of unbranched alkanes of at least 4 members (excludes halogenated alkanes) is 1. The van der Waals surface area contributed by atoms with Crippen molar-refractivity contribution in [2.75, 3.05) is 13.0 Å². The van der Waals surface area contributed by atoms with E-state index in [0.29, 0.717) is 11.8 Å². The number of hydrogen-bond donors (Lipinski definition) is 0. The molecule has 0 aromatic rings. The summed E-state index contributed by atoms with van der Waals surface area (Å²) in [5.41, 5.74) is 0. The molecule has 0 bridgehead atoms. The largest absolute Gasteiger partial charge is 0.544 e. The monoisotopic (exact) mass is 336 g/mol.